The third-order valence-corrected chi connectivity index (χ3v) is 1.99. The fourth-order valence-electron chi connectivity index (χ4n) is 1.22. The molecule has 0 heterocycles. The molecule has 0 aliphatic carbocycles. The normalized spacial score (nSPS) is 11.1. The van der Waals surface area contributed by atoms with Crippen molar-refractivity contribution in [2.45, 2.75) is 53.1 Å². The van der Waals surface area contributed by atoms with E-state index in [1.165, 1.54) is 0 Å². The lowest BCUT2D eigenvalue weighted by Gasteiger charge is -2.26. The van der Waals surface area contributed by atoms with Gasteiger partial charge in [0.1, 0.15) is 11.4 Å². The van der Waals surface area contributed by atoms with Crippen LogP contribution >= 0.6 is 0 Å². The molecular weight excluding hydrogens is 206 g/mol. The Kier molecular flexibility index (Phi) is 6.08. The minimum atomic E-state index is -0.467. The zero-order valence-electron chi connectivity index (χ0n) is 11.0. The smallest absolute Gasteiger partial charge is 0.410 e. The maximum atomic E-state index is 11.7. The maximum Gasteiger partial charge on any atom is 0.410 e. The highest BCUT2D eigenvalue weighted by Crippen LogP contribution is 2.10. The zero-order valence-corrected chi connectivity index (χ0v) is 11.0. The van der Waals surface area contributed by atoms with Crippen molar-refractivity contribution in [1.29, 1.82) is 0 Å². The van der Waals surface area contributed by atoms with Crippen LogP contribution < -0.4 is 0 Å². The van der Waals surface area contributed by atoms with Crippen LogP contribution in [0.1, 0.15) is 47.5 Å². The number of hydrogen-bond acceptors (Lipinski definition) is 3. The lowest BCUT2D eigenvalue weighted by atomic mass is 10.2. The average Bonchev–Trinajstić information content (AvgIpc) is 2.08. The van der Waals surface area contributed by atoms with Crippen molar-refractivity contribution in [3.8, 4) is 0 Å². The van der Waals surface area contributed by atoms with Gasteiger partial charge in [0.15, 0.2) is 0 Å². The first-order valence-electron chi connectivity index (χ1n) is 5.73. The molecule has 1 amide bonds. The van der Waals surface area contributed by atoms with E-state index in [4.69, 9.17) is 4.74 Å². The summed E-state index contributed by atoms with van der Waals surface area (Å²) in [6.07, 6.45) is 0.903. The van der Waals surface area contributed by atoms with Crippen LogP contribution in [-0.2, 0) is 9.53 Å². The molecule has 0 atom stereocenters. The lowest BCUT2D eigenvalue weighted by molar-refractivity contribution is -0.117. The van der Waals surface area contributed by atoms with Gasteiger partial charge < -0.3 is 14.4 Å². The van der Waals surface area contributed by atoms with E-state index in [1.807, 2.05) is 27.7 Å². The van der Waals surface area contributed by atoms with E-state index in [0.717, 1.165) is 0 Å². The molecule has 0 N–H and O–H groups in total. The third-order valence-electron chi connectivity index (χ3n) is 1.99. The van der Waals surface area contributed by atoms with Crippen LogP contribution in [0.3, 0.4) is 0 Å². The number of ether oxygens (including phenoxy) is 1. The van der Waals surface area contributed by atoms with Gasteiger partial charge in [0.2, 0.25) is 0 Å². The highest BCUT2D eigenvalue weighted by molar-refractivity contribution is 5.75. The summed E-state index contributed by atoms with van der Waals surface area (Å²) in [4.78, 5) is 24.1. The molecule has 0 saturated carbocycles. The maximum absolute atomic E-state index is 11.7. The molecule has 0 unspecified atom stereocenters. The fraction of sp³-hybridized carbons (Fsp3) is 0.833. The van der Waals surface area contributed by atoms with Gasteiger partial charge in [-0.2, -0.15) is 0 Å². The summed E-state index contributed by atoms with van der Waals surface area (Å²) >= 11 is 0. The van der Waals surface area contributed by atoms with E-state index >= 15 is 0 Å². The summed E-state index contributed by atoms with van der Waals surface area (Å²) in [5, 5.41) is 0. The van der Waals surface area contributed by atoms with Gasteiger partial charge in [-0.1, -0.05) is 0 Å². The summed E-state index contributed by atoms with van der Waals surface area (Å²) in [7, 11) is 0. The molecule has 94 valence electrons. The van der Waals surface area contributed by atoms with Crippen LogP contribution in [0.2, 0.25) is 0 Å². The van der Waals surface area contributed by atoms with Gasteiger partial charge in [-0.25, -0.2) is 4.79 Å². The molecule has 0 radical (unpaired) electrons. The largest absolute Gasteiger partial charge is 0.444 e. The van der Waals surface area contributed by atoms with E-state index in [2.05, 4.69) is 0 Å². The predicted molar refractivity (Wildman–Crippen MR) is 63.4 cm³/mol. The Labute approximate surface area is 98.0 Å². The molecule has 4 heteroatoms. The van der Waals surface area contributed by atoms with E-state index in [0.29, 0.717) is 25.9 Å². The van der Waals surface area contributed by atoms with Crippen LogP contribution in [0.4, 0.5) is 4.79 Å². The number of carbonyl (C=O) groups is 2. The number of ketones is 1. The average molecular weight is 229 g/mol. The first-order chi connectivity index (χ1) is 7.26. The van der Waals surface area contributed by atoms with Crippen LogP contribution in [0, 0.1) is 0 Å². The number of amides is 1. The van der Waals surface area contributed by atoms with Gasteiger partial charge >= 0.3 is 6.09 Å². The topological polar surface area (TPSA) is 46.6 Å². The molecule has 4 nitrogen and oxygen atoms in total. The zero-order chi connectivity index (χ0) is 12.8. The Morgan fingerprint density at radius 3 is 2.19 bits per heavy atom. The fourth-order valence-corrected chi connectivity index (χ4v) is 1.22. The van der Waals surface area contributed by atoms with E-state index in [1.54, 1.807) is 11.8 Å². The van der Waals surface area contributed by atoms with Crippen molar-refractivity contribution in [2.75, 3.05) is 13.1 Å². The van der Waals surface area contributed by atoms with Crippen LogP contribution in [0.5, 0.6) is 0 Å². The van der Waals surface area contributed by atoms with Gasteiger partial charge in [-0.15, -0.1) is 0 Å². The molecule has 0 rings (SSSR count). The second-order valence-corrected chi connectivity index (χ2v) is 4.87. The van der Waals surface area contributed by atoms with Crippen molar-refractivity contribution < 1.29 is 14.3 Å². The standard InChI is InChI=1S/C12H23NO3/c1-6-13(9-7-8-10(2)14)11(15)16-12(3,4)5/h6-9H2,1-5H3. The molecule has 0 aliphatic rings. The summed E-state index contributed by atoms with van der Waals surface area (Å²) in [6, 6.07) is 0. The minimum absolute atomic E-state index is 0.153. The Morgan fingerprint density at radius 1 is 1.25 bits per heavy atom. The summed E-state index contributed by atoms with van der Waals surface area (Å²) < 4.78 is 5.25. The van der Waals surface area contributed by atoms with Crippen LogP contribution in [-0.4, -0.2) is 35.5 Å². The first-order valence-corrected chi connectivity index (χ1v) is 5.73. The second-order valence-electron chi connectivity index (χ2n) is 4.87. The Balaban J connectivity index is 4.07. The molecule has 16 heavy (non-hydrogen) atoms. The number of hydrogen-bond donors (Lipinski definition) is 0. The Hall–Kier alpha value is -1.06. The van der Waals surface area contributed by atoms with Gasteiger partial charge in [0.25, 0.3) is 0 Å². The predicted octanol–water partition coefficient (Wildman–Crippen LogP) is 2.61. The molecule has 0 fully saturated rings. The quantitative estimate of drug-likeness (QED) is 0.728. The molecule has 0 aromatic heterocycles. The number of rotatable bonds is 5. The van der Waals surface area contributed by atoms with Crippen molar-refractivity contribution in [3.63, 3.8) is 0 Å². The summed E-state index contributed by atoms with van der Waals surface area (Å²) in [6.45, 7) is 10.2. The molecular formula is C12H23NO3. The van der Waals surface area contributed by atoms with E-state index < -0.39 is 5.60 Å². The number of nitrogens with zero attached hydrogens (tertiary/aromatic N) is 1. The lowest BCUT2D eigenvalue weighted by Crippen LogP contribution is -2.37. The molecule has 0 saturated heterocycles. The summed E-state index contributed by atoms with van der Waals surface area (Å²) in [5.41, 5.74) is -0.467. The van der Waals surface area contributed by atoms with E-state index in [9.17, 15) is 9.59 Å². The first kappa shape index (κ1) is 14.9. The molecule has 0 aromatic carbocycles. The number of carbonyl (C=O) groups excluding carboxylic acids is 2. The molecule has 0 spiro atoms. The van der Waals surface area contributed by atoms with Crippen molar-refractivity contribution in [3.05, 3.63) is 0 Å². The van der Waals surface area contributed by atoms with Crippen LogP contribution in [0.15, 0.2) is 0 Å². The summed E-state index contributed by atoms with van der Waals surface area (Å²) in [5.74, 6) is 0.153. The van der Waals surface area contributed by atoms with Crippen molar-refractivity contribution in [2.24, 2.45) is 0 Å². The second kappa shape index (κ2) is 6.51. The van der Waals surface area contributed by atoms with Gasteiger partial charge in [-0.05, 0) is 41.0 Å². The number of Topliss-reactive ketones (excluding diaryl/α,β-unsaturated/α-hetero) is 1. The van der Waals surface area contributed by atoms with Gasteiger partial charge in [-0.3, -0.25) is 0 Å². The van der Waals surface area contributed by atoms with Gasteiger partial charge in [0, 0.05) is 19.5 Å². The van der Waals surface area contributed by atoms with Gasteiger partial charge in [0.05, 0.1) is 0 Å². The van der Waals surface area contributed by atoms with Crippen molar-refractivity contribution >= 4 is 11.9 Å². The Morgan fingerprint density at radius 2 is 1.81 bits per heavy atom. The molecule has 0 bridgehead atoms. The third kappa shape index (κ3) is 7.26. The van der Waals surface area contributed by atoms with E-state index in [-0.39, 0.29) is 11.9 Å². The minimum Gasteiger partial charge on any atom is -0.444 e. The highest BCUT2D eigenvalue weighted by atomic mass is 16.6. The van der Waals surface area contributed by atoms with Crippen molar-refractivity contribution in [1.82, 2.24) is 4.90 Å². The Bertz CT molecular complexity index is 243. The van der Waals surface area contributed by atoms with Crippen LogP contribution in [0.25, 0.3) is 0 Å². The monoisotopic (exact) mass is 229 g/mol. The SMILES string of the molecule is CCN(CCCC(C)=O)C(=O)OC(C)(C)C. The molecule has 0 aromatic rings. The highest BCUT2D eigenvalue weighted by Gasteiger charge is 2.20. The molecule has 0 aliphatic heterocycles.